The van der Waals surface area contributed by atoms with Crippen LogP contribution in [0, 0.1) is 0 Å². The van der Waals surface area contributed by atoms with Crippen LogP contribution in [-0.2, 0) is 26.2 Å². The zero-order chi connectivity index (χ0) is 25.5. The van der Waals surface area contributed by atoms with Crippen molar-refractivity contribution in [2.75, 3.05) is 17.1 Å². The summed E-state index contributed by atoms with van der Waals surface area (Å²) in [4.78, 5) is 27.4. The average molecular weight is 573 g/mol. The lowest BCUT2D eigenvalue weighted by atomic mass is 10.1. The number of rotatable bonds is 11. The van der Waals surface area contributed by atoms with Crippen LogP contribution in [0.3, 0.4) is 0 Å². The lowest BCUT2D eigenvalue weighted by molar-refractivity contribution is -0.140. The second-order valence-electron chi connectivity index (χ2n) is 8.41. The Hall–Kier alpha value is -2.10. The molecule has 0 aliphatic rings. The summed E-state index contributed by atoms with van der Waals surface area (Å²) in [6.45, 7) is 5.80. The molecule has 0 saturated carbocycles. The van der Waals surface area contributed by atoms with Crippen molar-refractivity contribution in [3.63, 3.8) is 0 Å². The van der Waals surface area contributed by atoms with Crippen LogP contribution in [0.1, 0.15) is 39.2 Å². The Labute approximate surface area is 215 Å². The van der Waals surface area contributed by atoms with Gasteiger partial charge in [-0.1, -0.05) is 45.7 Å². The summed E-state index contributed by atoms with van der Waals surface area (Å²) in [5.41, 5.74) is 1.33. The number of halogens is 2. The summed E-state index contributed by atoms with van der Waals surface area (Å²) < 4.78 is 26.9. The van der Waals surface area contributed by atoms with E-state index in [1.807, 2.05) is 38.1 Å². The van der Waals surface area contributed by atoms with E-state index in [1.54, 1.807) is 31.2 Å². The number of carbonyl (C=O) groups is 2. The Bertz CT molecular complexity index is 1090. The van der Waals surface area contributed by atoms with Crippen molar-refractivity contribution < 1.29 is 18.0 Å². The highest BCUT2D eigenvalue weighted by molar-refractivity contribution is 9.10. The summed E-state index contributed by atoms with van der Waals surface area (Å²) in [5, 5.41) is 3.28. The third kappa shape index (κ3) is 8.60. The minimum absolute atomic E-state index is 0.0550. The van der Waals surface area contributed by atoms with E-state index in [0.717, 1.165) is 16.3 Å². The second kappa shape index (κ2) is 12.6. The van der Waals surface area contributed by atoms with Crippen LogP contribution in [0.15, 0.2) is 53.0 Å². The third-order valence-corrected chi connectivity index (χ3v) is 7.07. The van der Waals surface area contributed by atoms with Gasteiger partial charge in [-0.15, -0.1) is 0 Å². The lowest BCUT2D eigenvalue weighted by Gasteiger charge is -2.30. The standard InChI is InChI=1S/C24H31BrClN3O4S/c1-17(2)27-24(31)18(3)28(16-19-10-12-20(25)13-11-19)23(30)9-6-14-29(34(4,32)33)22-8-5-7-21(26)15-22/h5,7-8,10-13,15,17-18H,6,9,14,16H2,1-4H3,(H,27,31). The maximum absolute atomic E-state index is 13.2. The van der Waals surface area contributed by atoms with Crippen molar-refractivity contribution >= 4 is 55.1 Å². The van der Waals surface area contributed by atoms with Crippen molar-refractivity contribution in [1.29, 1.82) is 0 Å². The third-order valence-electron chi connectivity index (χ3n) is 5.11. The molecule has 0 heterocycles. The summed E-state index contributed by atoms with van der Waals surface area (Å²) >= 11 is 9.43. The molecule has 0 aliphatic heterocycles. The predicted molar refractivity (Wildman–Crippen MR) is 140 cm³/mol. The van der Waals surface area contributed by atoms with Crippen LogP contribution in [-0.4, -0.2) is 50.0 Å². The van der Waals surface area contributed by atoms with Gasteiger partial charge in [0.05, 0.1) is 11.9 Å². The summed E-state index contributed by atoms with van der Waals surface area (Å²) in [7, 11) is -3.57. The minimum atomic E-state index is -3.57. The number of sulfonamides is 1. The van der Waals surface area contributed by atoms with Gasteiger partial charge in [-0.2, -0.15) is 0 Å². The fourth-order valence-electron chi connectivity index (χ4n) is 3.41. The van der Waals surface area contributed by atoms with Gasteiger partial charge in [0, 0.05) is 35.0 Å². The highest BCUT2D eigenvalue weighted by Gasteiger charge is 2.27. The highest BCUT2D eigenvalue weighted by Crippen LogP contribution is 2.23. The maximum Gasteiger partial charge on any atom is 0.242 e. The molecule has 2 rings (SSSR count). The van der Waals surface area contributed by atoms with Crippen LogP contribution < -0.4 is 9.62 Å². The van der Waals surface area contributed by atoms with Gasteiger partial charge in [-0.3, -0.25) is 13.9 Å². The number of amides is 2. The fraction of sp³-hybridized carbons (Fsp3) is 0.417. The van der Waals surface area contributed by atoms with Gasteiger partial charge in [0.2, 0.25) is 21.8 Å². The van der Waals surface area contributed by atoms with Crippen LogP contribution >= 0.6 is 27.5 Å². The first kappa shape index (κ1) is 28.1. The number of benzene rings is 2. The molecule has 0 radical (unpaired) electrons. The Balaban J connectivity index is 2.16. The first-order valence-corrected chi connectivity index (χ1v) is 14.0. The molecule has 34 heavy (non-hydrogen) atoms. The van der Waals surface area contributed by atoms with E-state index in [2.05, 4.69) is 21.2 Å². The molecule has 0 aromatic heterocycles. The number of nitrogens with zero attached hydrogens (tertiary/aromatic N) is 2. The molecular formula is C24H31BrClN3O4S. The van der Waals surface area contributed by atoms with Gasteiger partial charge < -0.3 is 10.2 Å². The molecular weight excluding hydrogens is 542 g/mol. The molecule has 7 nitrogen and oxygen atoms in total. The predicted octanol–water partition coefficient (Wildman–Crippen LogP) is 4.59. The Kier molecular flexibility index (Phi) is 10.4. The lowest BCUT2D eigenvalue weighted by Crippen LogP contribution is -2.49. The molecule has 0 aliphatic carbocycles. The molecule has 2 aromatic carbocycles. The molecule has 1 unspecified atom stereocenters. The fourth-order valence-corrected chi connectivity index (χ4v) is 4.82. The number of hydrogen-bond donors (Lipinski definition) is 1. The number of carbonyl (C=O) groups excluding carboxylic acids is 2. The van der Waals surface area contributed by atoms with Crippen molar-refractivity contribution in [2.45, 2.75) is 52.2 Å². The van der Waals surface area contributed by atoms with Gasteiger partial charge in [0.1, 0.15) is 6.04 Å². The van der Waals surface area contributed by atoms with Crippen molar-refractivity contribution in [1.82, 2.24) is 10.2 Å². The van der Waals surface area contributed by atoms with Crippen molar-refractivity contribution in [2.24, 2.45) is 0 Å². The van der Waals surface area contributed by atoms with E-state index < -0.39 is 16.1 Å². The quantitative estimate of drug-likeness (QED) is 0.427. The molecule has 0 bridgehead atoms. The van der Waals surface area contributed by atoms with Crippen LogP contribution in [0.4, 0.5) is 5.69 Å². The monoisotopic (exact) mass is 571 g/mol. The van der Waals surface area contributed by atoms with E-state index >= 15 is 0 Å². The molecule has 1 N–H and O–H groups in total. The maximum atomic E-state index is 13.2. The van der Waals surface area contributed by atoms with Gasteiger partial charge >= 0.3 is 0 Å². The van der Waals surface area contributed by atoms with Gasteiger partial charge in [0.25, 0.3) is 0 Å². The average Bonchev–Trinajstić information content (AvgIpc) is 2.74. The van der Waals surface area contributed by atoms with Gasteiger partial charge in [-0.25, -0.2) is 8.42 Å². The van der Waals surface area contributed by atoms with Crippen LogP contribution in [0.25, 0.3) is 0 Å². The molecule has 0 saturated heterocycles. The zero-order valence-electron chi connectivity index (χ0n) is 19.8. The normalized spacial score (nSPS) is 12.3. The first-order chi connectivity index (χ1) is 15.9. The summed E-state index contributed by atoms with van der Waals surface area (Å²) in [5.74, 6) is -0.467. The van der Waals surface area contributed by atoms with Crippen molar-refractivity contribution in [3.8, 4) is 0 Å². The van der Waals surface area contributed by atoms with Crippen LogP contribution in [0.5, 0.6) is 0 Å². The Morgan fingerprint density at radius 3 is 2.29 bits per heavy atom. The van der Waals surface area contributed by atoms with Crippen LogP contribution in [0.2, 0.25) is 5.02 Å². The zero-order valence-corrected chi connectivity index (χ0v) is 23.0. The molecule has 2 aromatic rings. The first-order valence-electron chi connectivity index (χ1n) is 11.0. The Morgan fingerprint density at radius 2 is 1.74 bits per heavy atom. The molecule has 1 atom stereocenters. The summed E-state index contributed by atoms with van der Waals surface area (Å²) in [6.07, 6.45) is 1.49. The number of nitrogens with one attached hydrogen (secondary N) is 1. The molecule has 186 valence electrons. The second-order valence-corrected chi connectivity index (χ2v) is 11.7. The van der Waals surface area contributed by atoms with E-state index in [1.165, 1.54) is 9.21 Å². The minimum Gasteiger partial charge on any atom is -0.352 e. The summed E-state index contributed by atoms with van der Waals surface area (Å²) in [6, 6.07) is 13.4. The number of anilines is 1. The van der Waals surface area contributed by atoms with E-state index in [9.17, 15) is 18.0 Å². The van der Waals surface area contributed by atoms with E-state index in [-0.39, 0.29) is 43.8 Å². The van der Waals surface area contributed by atoms with Crippen molar-refractivity contribution in [3.05, 3.63) is 63.6 Å². The van der Waals surface area contributed by atoms with Gasteiger partial charge in [0.15, 0.2) is 0 Å². The Morgan fingerprint density at radius 1 is 1.09 bits per heavy atom. The smallest absolute Gasteiger partial charge is 0.242 e. The SMILES string of the molecule is CC(C)NC(=O)C(C)N(Cc1ccc(Br)cc1)C(=O)CCCN(c1cccc(Cl)c1)S(C)(=O)=O. The molecule has 0 spiro atoms. The topological polar surface area (TPSA) is 86.8 Å². The van der Waals surface area contributed by atoms with E-state index in [0.29, 0.717) is 10.7 Å². The number of hydrogen-bond acceptors (Lipinski definition) is 4. The molecule has 0 fully saturated rings. The van der Waals surface area contributed by atoms with E-state index in [4.69, 9.17) is 11.6 Å². The molecule has 2 amide bonds. The largest absolute Gasteiger partial charge is 0.352 e. The van der Waals surface area contributed by atoms with Gasteiger partial charge in [-0.05, 0) is 63.1 Å². The molecule has 10 heteroatoms. The highest BCUT2D eigenvalue weighted by atomic mass is 79.9.